The van der Waals surface area contributed by atoms with Gasteiger partial charge in [0.1, 0.15) is 0 Å². The molecule has 4 aromatic rings. The largest absolute Gasteiger partial charge is 0.399 e. The van der Waals surface area contributed by atoms with Crippen LogP contribution in [0.1, 0.15) is 18.1 Å². The molecular formula is C28H26N2. The maximum atomic E-state index is 6.65. The van der Waals surface area contributed by atoms with Gasteiger partial charge in [0.25, 0.3) is 0 Å². The van der Waals surface area contributed by atoms with E-state index < -0.39 is 0 Å². The lowest BCUT2D eigenvalue weighted by Gasteiger charge is -2.16. The van der Waals surface area contributed by atoms with Crippen LogP contribution in [0.15, 0.2) is 91.0 Å². The molecule has 4 rings (SSSR count). The smallest absolute Gasteiger partial charge is 0.0473 e. The van der Waals surface area contributed by atoms with Gasteiger partial charge in [0.05, 0.1) is 0 Å². The van der Waals surface area contributed by atoms with Crippen molar-refractivity contribution in [3.63, 3.8) is 0 Å². The summed E-state index contributed by atoms with van der Waals surface area (Å²) in [6.45, 7) is 4.11. The summed E-state index contributed by atoms with van der Waals surface area (Å²) in [4.78, 5) is 0. The lowest BCUT2D eigenvalue weighted by molar-refractivity contribution is 1.46. The second-order valence-corrected chi connectivity index (χ2v) is 7.56. The molecule has 2 nitrogen and oxygen atoms in total. The lowest BCUT2D eigenvalue weighted by Crippen LogP contribution is -1.97. The third kappa shape index (κ3) is 3.85. The van der Waals surface area contributed by atoms with Crippen molar-refractivity contribution in [1.82, 2.24) is 0 Å². The van der Waals surface area contributed by atoms with Crippen LogP contribution in [-0.2, 0) is 0 Å². The Bertz CT molecular complexity index is 1180. The maximum Gasteiger partial charge on any atom is 0.0473 e. The van der Waals surface area contributed by atoms with Gasteiger partial charge in [-0.25, -0.2) is 0 Å². The molecular weight excluding hydrogens is 364 g/mol. The van der Waals surface area contributed by atoms with Gasteiger partial charge in [-0.3, -0.25) is 0 Å². The van der Waals surface area contributed by atoms with Crippen molar-refractivity contribution in [2.24, 2.45) is 0 Å². The second-order valence-electron chi connectivity index (χ2n) is 7.56. The highest BCUT2D eigenvalue weighted by Crippen LogP contribution is 2.39. The van der Waals surface area contributed by atoms with Crippen LogP contribution in [0.2, 0.25) is 0 Å². The molecule has 0 atom stereocenters. The highest BCUT2D eigenvalue weighted by atomic mass is 14.6. The molecule has 4 aromatic carbocycles. The standard InChI is InChI=1S/C28H26N2/c1-3-4-24-15-18-26(27(28(24)30)23-7-5-19(2)6-8-23)22-11-9-20(10-12-22)21-13-16-25(29)17-14-21/h3-18H,29-30H2,1-2H3/b4-3-. The Balaban J connectivity index is 1.82. The molecule has 2 heteroatoms. The van der Waals surface area contributed by atoms with Crippen LogP contribution in [0.5, 0.6) is 0 Å². The summed E-state index contributed by atoms with van der Waals surface area (Å²) in [5.74, 6) is 0. The van der Waals surface area contributed by atoms with Crippen molar-refractivity contribution in [2.75, 3.05) is 11.5 Å². The van der Waals surface area contributed by atoms with Crippen molar-refractivity contribution in [3.8, 4) is 33.4 Å². The molecule has 0 aliphatic rings. The lowest BCUT2D eigenvalue weighted by atomic mass is 9.89. The fourth-order valence-electron chi connectivity index (χ4n) is 3.75. The SMILES string of the molecule is C/C=C\c1ccc(-c2ccc(-c3ccc(N)cc3)cc2)c(-c2ccc(C)cc2)c1N. The quantitative estimate of drug-likeness (QED) is 0.362. The van der Waals surface area contributed by atoms with Gasteiger partial charge >= 0.3 is 0 Å². The van der Waals surface area contributed by atoms with Gasteiger partial charge in [0.2, 0.25) is 0 Å². The number of nitrogens with two attached hydrogens (primary N) is 2. The minimum Gasteiger partial charge on any atom is -0.399 e. The first-order chi connectivity index (χ1) is 14.6. The van der Waals surface area contributed by atoms with Crippen molar-refractivity contribution in [1.29, 1.82) is 0 Å². The topological polar surface area (TPSA) is 52.0 Å². The van der Waals surface area contributed by atoms with Crippen LogP contribution in [0.25, 0.3) is 39.5 Å². The number of nitrogen functional groups attached to an aromatic ring is 2. The number of allylic oxidation sites excluding steroid dienone is 1. The zero-order valence-corrected chi connectivity index (χ0v) is 17.4. The van der Waals surface area contributed by atoms with Crippen molar-refractivity contribution in [3.05, 3.63) is 102 Å². The fraction of sp³-hybridized carbons (Fsp3) is 0.0714. The minimum absolute atomic E-state index is 0.773. The highest BCUT2D eigenvalue weighted by molar-refractivity contribution is 5.95. The number of hydrogen-bond donors (Lipinski definition) is 2. The molecule has 0 spiro atoms. The molecule has 0 aliphatic carbocycles. The highest BCUT2D eigenvalue weighted by Gasteiger charge is 2.14. The van der Waals surface area contributed by atoms with Gasteiger partial charge in [-0.05, 0) is 59.4 Å². The summed E-state index contributed by atoms with van der Waals surface area (Å²) >= 11 is 0. The van der Waals surface area contributed by atoms with Crippen LogP contribution < -0.4 is 11.5 Å². The van der Waals surface area contributed by atoms with E-state index >= 15 is 0 Å². The zero-order valence-electron chi connectivity index (χ0n) is 17.4. The summed E-state index contributed by atoms with van der Waals surface area (Å²) in [6.07, 6.45) is 4.08. The van der Waals surface area contributed by atoms with Crippen LogP contribution in [-0.4, -0.2) is 0 Å². The molecule has 0 heterocycles. The number of anilines is 2. The molecule has 0 aromatic heterocycles. The number of hydrogen-bond acceptors (Lipinski definition) is 2. The molecule has 0 fully saturated rings. The van der Waals surface area contributed by atoms with E-state index in [1.807, 2.05) is 37.3 Å². The van der Waals surface area contributed by atoms with E-state index in [0.717, 1.165) is 50.3 Å². The average Bonchev–Trinajstić information content (AvgIpc) is 2.77. The third-order valence-electron chi connectivity index (χ3n) is 5.41. The predicted octanol–water partition coefficient (Wildman–Crippen LogP) is 7.19. The van der Waals surface area contributed by atoms with Crippen LogP contribution >= 0.6 is 0 Å². The van der Waals surface area contributed by atoms with E-state index in [-0.39, 0.29) is 0 Å². The summed E-state index contributed by atoms with van der Waals surface area (Å²) in [7, 11) is 0. The Morgan fingerprint density at radius 1 is 0.600 bits per heavy atom. The fourth-order valence-corrected chi connectivity index (χ4v) is 3.75. The van der Waals surface area contributed by atoms with Gasteiger partial charge in [-0.15, -0.1) is 0 Å². The third-order valence-corrected chi connectivity index (χ3v) is 5.41. The Morgan fingerprint density at radius 3 is 1.73 bits per heavy atom. The molecule has 0 saturated heterocycles. The molecule has 0 saturated carbocycles. The molecule has 0 aliphatic heterocycles. The second kappa shape index (κ2) is 8.30. The normalized spacial score (nSPS) is 11.1. The summed E-state index contributed by atoms with van der Waals surface area (Å²) < 4.78 is 0. The Kier molecular flexibility index (Phi) is 5.40. The predicted molar refractivity (Wildman–Crippen MR) is 131 cm³/mol. The van der Waals surface area contributed by atoms with Crippen molar-refractivity contribution < 1.29 is 0 Å². The number of aryl methyl sites for hydroxylation is 1. The van der Waals surface area contributed by atoms with Gasteiger partial charge in [0, 0.05) is 16.9 Å². The number of rotatable bonds is 4. The Labute approximate surface area is 178 Å². The van der Waals surface area contributed by atoms with E-state index in [4.69, 9.17) is 11.5 Å². The summed E-state index contributed by atoms with van der Waals surface area (Å²) in [5, 5.41) is 0. The van der Waals surface area contributed by atoms with Crippen LogP contribution in [0.3, 0.4) is 0 Å². The average molecular weight is 391 g/mol. The van der Waals surface area contributed by atoms with Gasteiger partial charge < -0.3 is 11.5 Å². The molecule has 0 amide bonds. The van der Waals surface area contributed by atoms with Crippen molar-refractivity contribution >= 4 is 17.5 Å². The van der Waals surface area contributed by atoms with Crippen molar-refractivity contribution in [2.45, 2.75) is 13.8 Å². The first kappa shape index (κ1) is 19.5. The van der Waals surface area contributed by atoms with E-state index in [1.165, 1.54) is 5.56 Å². The summed E-state index contributed by atoms with van der Waals surface area (Å²) in [6, 6.07) is 29.4. The van der Waals surface area contributed by atoms with E-state index in [9.17, 15) is 0 Å². The van der Waals surface area contributed by atoms with E-state index in [2.05, 4.69) is 73.7 Å². The van der Waals surface area contributed by atoms with Crippen LogP contribution in [0, 0.1) is 6.92 Å². The van der Waals surface area contributed by atoms with E-state index in [1.54, 1.807) is 0 Å². The molecule has 0 bridgehead atoms. The minimum atomic E-state index is 0.773. The molecule has 30 heavy (non-hydrogen) atoms. The maximum absolute atomic E-state index is 6.65. The first-order valence-electron chi connectivity index (χ1n) is 10.2. The Hall–Kier alpha value is -3.78. The molecule has 0 radical (unpaired) electrons. The van der Waals surface area contributed by atoms with E-state index in [0.29, 0.717) is 0 Å². The monoisotopic (exact) mass is 390 g/mol. The summed E-state index contributed by atoms with van der Waals surface area (Å²) in [5.41, 5.74) is 23.1. The molecule has 0 unspecified atom stereocenters. The molecule has 148 valence electrons. The Morgan fingerprint density at radius 2 is 1.13 bits per heavy atom. The zero-order chi connectivity index (χ0) is 21.1. The van der Waals surface area contributed by atoms with Crippen LogP contribution in [0.4, 0.5) is 11.4 Å². The first-order valence-corrected chi connectivity index (χ1v) is 10.2. The van der Waals surface area contributed by atoms with Gasteiger partial charge in [-0.2, -0.15) is 0 Å². The molecule has 4 N–H and O–H groups in total. The van der Waals surface area contributed by atoms with Gasteiger partial charge in [-0.1, -0.05) is 90.5 Å². The van der Waals surface area contributed by atoms with Gasteiger partial charge in [0.15, 0.2) is 0 Å². The number of benzene rings is 4.